The number of halogens is 19. The molecule has 0 saturated heterocycles. The summed E-state index contributed by atoms with van der Waals surface area (Å²) in [6.45, 7) is 0. The van der Waals surface area contributed by atoms with Gasteiger partial charge in [-0.25, -0.2) is 8.42 Å². The Morgan fingerprint density at radius 3 is 0.853 bits per heavy atom. The van der Waals surface area contributed by atoms with E-state index in [1.54, 1.807) is 0 Å². The van der Waals surface area contributed by atoms with E-state index < -0.39 is 69.4 Å². The van der Waals surface area contributed by atoms with Crippen molar-refractivity contribution in [2.24, 2.45) is 0 Å². The first-order chi connectivity index (χ1) is 13.7. The van der Waals surface area contributed by atoms with Gasteiger partial charge in [0.1, 0.15) is 15.9 Å². The Kier molecular flexibility index (Phi) is 9.31. The standard InChI is InChI=1S/C10H3F19O3S.Na/c11-2(12,1-33(30,31)32)3(13,14)4(15,16)5(17,18)6(19,20)7(21,22)8(23,24)9(25,26)10(27,28)29;/h1H2,(H,30,31,32);/q;+1/p-1. The molecule has 0 aliphatic carbocycles. The van der Waals surface area contributed by atoms with E-state index in [1.807, 2.05) is 0 Å². The predicted molar refractivity (Wildman–Crippen MR) is 60.2 cm³/mol. The average molecular weight is 586 g/mol. The topological polar surface area (TPSA) is 57.2 Å². The van der Waals surface area contributed by atoms with Gasteiger partial charge < -0.3 is 4.55 Å². The number of rotatable bonds is 9. The van der Waals surface area contributed by atoms with Gasteiger partial charge in [0.05, 0.1) is 0 Å². The van der Waals surface area contributed by atoms with Crippen LogP contribution in [-0.4, -0.2) is 72.3 Å². The van der Waals surface area contributed by atoms with Crippen LogP contribution < -0.4 is 29.6 Å². The molecule has 0 N–H and O–H groups in total. The van der Waals surface area contributed by atoms with Crippen LogP contribution in [0.1, 0.15) is 0 Å². The fourth-order valence-corrected chi connectivity index (χ4v) is 2.33. The van der Waals surface area contributed by atoms with Crippen molar-refractivity contribution in [2.75, 3.05) is 5.75 Å². The van der Waals surface area contributed by atoms with Crippen LogP contribution in [0.2, 0.25) is 0 Å². The molecule has 24 heteroatoms. The fraction of sp³-hybridized carbons (Fsp3) is 1.00. The minimum Gasteiger partial charge on any atom is -0.748 e. The van der Waals surface area contributed by atoms with E-state index in [4.69, 9.17) is 0 Å². The van der Waals surface area contributed by atoms with Crippen molar-refractivity contribution < 1.29 is 126 Å². The normalized spacial score (nSPS) is 16.4. The van der Waals surface area contributed by atoms with Crippen LogP contribution in [0.3, 0.4) is 0 Å². The van der Waals surface area contributed by atoms with E-state index in [0.717, 1.165) is 0 Å². The summed E-state index contributed by atoms with van der Waals surface area (Å²) in [4.78, 5) is 0. The first-order valence-electron chi connectivity index (χ1n) is 6.73. The second-order valence-electron chi connectivity index (χ2n) is 5.92. The van der Waals surface area contributed by atoms with Crippen molar-refractivity contribution in [1.29, 1.82) is 0 Å². The first-order valence-corrected chi connectivity index (χ1v) is 8.31. The summed E-state index contributed by atoms with van der Waals surface area (Å²) < 4.78 is 274. The van der Waals surface area contributed by atoms with Gasteiger partial charge >= 0.3 is 83.1 Å². The average Bonchev–Trinajstić information content (AvgIpc) is 2.49. The van der Waals surface area contributed by atoms with Crippen LogP contribution in [0.25, 0.3) is 0 Å². The van der Waals surface area contributed by atoms with Gasteiger partial charge in [0, 0.05) is 0 Å². The Morgan fingerprint density at radius 1 is 0.441 bits per heavy atom. The van der Waals surface area contributed by atoms with E-state index >= 15 is 0 Å². The van der Waals surface area contributed by atoms with E-state index in [2.05, 4.69) is 0 Å². The van der Waals surface area contributed by atoms with Crippen LogP contribution in [-0.2, 0) is 10.1 Å². The molecule has 0 fully saturated rings. The SMILES string of the molecule is O=S(=O)([O-])CC(F)(F)C(F)(F)C(F)(F)C(F)(F)C(F)(F)C(F)(F)C(F)(F)C(F)(F)C(F)(F)F.[Na+]. The molecule has 0 unspecified atom stereocenters. The van der Waals surface area contributed by atoms with Crippen LogP contribution in [0.5, 0.6) is 0 Å². The summed E-state index contributed by atoms with van der Waals surface area (Å²) in [6, 6.07) is 0. The maximum absolute atomic E-state index is 13.3. The molecule has 3 nitrogen and oxygen atoms in total. The minimum absolute atomic E-state index is 0. The molecule has 0 rings (SSSR count). The summed E-state index contributed by atoms with van der Waals surface area (Å²) in [7, 11) is -6.83. The van der Waals surface area contributed by atoms with Crippen molar-refractivity contribution in [2.45, 2.75) is 53.6 Å². The Bertz CT molecular complexity index is 845. The number of hydrogen-bond acceptors (Lipinski definition) is 3. The zero-order valence-corrected chi connectivity index (χ0v) is 17.8. The summed E-state index contributed by atoms with van der Waals surface area (Å²) in [5.74, 6) is -73.0. The first kappa shape index (κ1) is 35.7. The van der Waals surface area contributed by atoms with Crippen LogP contribution >= 0.6 is 0 Å². The van der Waals surface area contributed by atoms with Crippen molar-refractivity contribution >= 4 is 10.1 Å². The summed E-state index contributed by atoms with van der Waals surface area (Å²) in [5.41, 5.74) is 0. The zero-order chi connectivity index (χ0) is 27.7. The quantitative estimate of drug-likeness (QED) is 0.237. The molecule has 0 aliphatic rings. The van der Waals surface area contributed by atoms with Crippen molar-refractivity contribution in [3.05, 3.63) is 0 Å². The Balaban J connectivity index is 0. The predicted octanol–water partition coefficient (Wildman–Crippen LogP) is 2.18. The Labute approximate surface area is 195 Å². The van der Waals surface area contributed by atoms with Crippen molar-refractivity contribution in [3.8, 4) is 0 Å². The molecule has 34 heavy (non-hydrogen) atoms. The minimum atomic E-state index is -9.10. The van der Waals surface area contributed by atoms with Crippen molar-refractivity contribution in [3.63, 3.8) is 0 Å². The van der Waals surface area contributed by atoms with E-state index in [1.165, 1.54) is 0 Å². The molecular formula is C10H2F19NaO3S. The van der Waals surface area contributed by atoms with Gasteiger partial charge in [-0.3, -0.25) is 0 Å². The molecule has 0 amide bonds. The largest absolute Gasteiger partial charge is 1.00 e. The maximum atomic E-state index is 13.3. The van der Waals surface area contributed by atoms with E-state index in [-0.39, 0.29) is 29.6 Å². The molecule has 0 saturated carbocycles. The number of hydrogen-bond donors (Lipinski definition) is 0. The monoisotopic (exact) mass is 586 g/mol. The Morgan fingerprint density at radius 2 is 0.647 bits per heavy atom. The van der Waals surface area contributed by atoms with E-state index in [0.29, 0.717) is 0 Å². The van der Waals surface area contributed by atoms with Crippen LogP contribution in [0.4, 0.5) is 83.4 Å². The molecule has 0 aliphatic heterocycles. The molecule has 0 radical (unpaired) electrons. The third-order valence-corrected chi connectivity index (χ3v) is 4.26. The smallest absolute Gasteiger partial charge is 0.748 e. The number of alkyl halides is 19. The van der Waals surface area contributed by atoms with Crippen molar-refractivity contribution in [1.82, 2.24) is 0 Å². The second kappa shape index (κ2) is 8.85. The van der Waals surface area contributed by atoms with Crippen LogP contribution in [0.15, 0.2) is 0 Å². The van der Waals surface area contributed by atoms with Gasteiger partial charge in [-0.1, -0.05) is 0 Å². The van der Waals surface area contributed by atoms with Gasteiger partial charge in [-0.15, -0.1) is 0 Å². The third-order valence-electron chi connectivity index (χ3n) is 3.54. The molecule has 0 spiro atoms. The molecule has 0 aromatic heterocycles. The van der Waals surface area contributed by atoms with Gasteiger partial charge in [0.2, 0.25) is 0 Å². The summed E-state index contributed by atoms with van der Waals surface area (Å²) in [5, 5.41) is 0. The maximum Gasteiger partial charge on any atom is 1.00 e. The van der Waals surface area contributed by atoms with Crippen LogP contribution in [0, 0.1) is 0 Å². The molecule has 0 heterocycles. The molecular weight excluding hydrogens is 584 g/mol. The third kappa shape index (κ3) is 4.91. The molecule has 0 aromatic rings. The van der Waals surface area contributed by atoms with Gasteiger partial charge in [-0.05, 0) is 0 Å². The molecule has 0 bridgehead atoms. The summed E-state index contributed by atoms with van der Waals surface area (Å²) in [6.07, 6.45) is -7.98. The Hall–Kier alpha value is -0.420. The van der Waals surface area contributed by atoms with Gasteiger partial charge in [-0.2, -0.15) is 83.4 Å². The van der Waals surface area contributed by atoms with Gasteiger partial charge in [0.15, 0.2) is 0 Å². The second-order valence-corrected chi connectivity index (χ2v) is 7.33. The van der Waals surface area contributed by atoms with E-state index in [9.17, 15) is 96.4 Å². The fourth-order valence-electron chi connectivity index (χ4n) is 1.71. The van der Waals surface area contributed by atoms with Gasteiger partial charge in [0.25, 0.3) is 0 Å². The summed E-state index contributed by atoms with van der Waals surface area (Å²) >= 11 is 0. The zero-order valence-electron chi connectivity index (χ0n) is 15.0. The molecule has 0 aromatic carbocycles. The molecule has 200 valence electrons. The molecule has 0 atom stereocenters.